The molecule has 0 aliphatic carbocycles. The van der Waals surface area contributed by atoms with Crippen molar-refractivity contribution in [1.82, 2.24) is 0 Å². The standard InChI is InChI=1S/C17H26O5/c1-13(8-4-3-5-11-16(19)21-2)9-6-7-10-15-14(12-18)17(20)22-15/h3-5,11,13-15,18H,6-10,12H2,1-2H3. The molecule has 0 aromatic carbocycles. The van der Waals surface area contributed by atoms with Gasteiger partial charge in [-0.15, -0.1) is 0 Å². The number of carbonyl (C=O) groups is 2. The fourth-order valence-corrected chi connectivity index (χ4v) is 2.40. The van der Waals surface area contributed by atoms with Crippen LogP contribution in [0.3, 0.4) is 0 Å². The van der Waals surface area contributed by atoms with Crippen LogP contribution in [0.15, 0.2) is 24.3 Å². The quantitative estimate of drug-likeness (QED) is 0.290. The van der Waals surface area contributed by atoms with Crippen LogP contribution in [-0.2, 0) is 19.1 Å². The highest BCUT2D eigenvalue weighted by Crippen LogP contribution is 2.27. The molecule has 5 nitrogen and oxygen atoms in total. The molecule has 0 aromatic heterocycles. The largest absolute Gasteiger partial charge is 0.466 e. The van der Waals surface area contributed by atoms with Crippen LogP contribution in [-0.4, -0.2) is 36.9 Å². The van der Waals surface area contributed by atoms with Crippen molar-refractivity contribution in [3.8, 4) is 0 Å². The number of aliphatic hydroxyl groups is 1. The predicted molar refractivity (Wildman–Crippen MR) is 83.0 cm³/mol. The number of cyclic esters (lactones) is 1. The van der Waals surface area contributed by atoms with Crippen LogP contribution in [0.5, 0.6) is 0 Å². The van der Waals surface area contributed by atoms with E-state index in [-0.39, 0.29) is 30.6 Å². The number of carbonyl (C=O) groups excluding carboxylic acids is 2. The van der Waals surface area contributed by atoms with Crippen LogP contribution in [0, 0.1) is 11.8 Å². The molecule has 1 fully saturated rings. The summed E-state index contributed by atoms with van der Waals surface area (Å²) < 4.78 is 9.51. The SMILES string of the molecule is COC(=O)C=CC=CCC(C)CCCCC1OC(=O)C1CO. The number of aliphatic hydroxyl groups excluding tert-OH is 1. The first-order chi connectivity index (χ1) is 10.6. The van der Waals surface area contributed by atoms with Crippen molar-refractivity contribution in [2.24, 2.45) is 11.8 Å². The first-order valence-electron chi connectivity index (χ1n) is 7.81. The summed E-state index contributed by atoms with van der Waals surface area (Å²) in [7, 11) is 1.35. The molecule has 3 atom stereocenters. The van der Waals surface area contributed by atoms with Gasteiger partial charge in [-0.2, -0.15) is 0 Å². The molecule has 0 aromatic rings. The zero-order valence-electron chi connectivity index (χ0n) is 13.4. The molecule has 1 aliphatic heterocycles. The van der Waals surface area contributed by atoms with Gasteiger partial charge in [-0.3, -0.25) is 4.79 Å². The van der Waals surface area contributed by atoms with E-state index in [1.807, 2.05) is 12.2 Å². The van der Waals surface area contributed by atoms with Gasteiger partial charge in [0.1, 0.15) is 12.0 Å². The molecule has 1 rings (SSSR count). The number of ether oxygens (including phenoxy) is 2. The van der Waals surface area contributed by atoms with Gasteiger partial charge in [-0.05, 0) is 25.2 Å². The minimum atomic E-state index is -0.351. The fraction of sp³-hybridized carbons (Fsp3) is 0.647. The van der Waals surface area contributed by atoms with E-state index in [9.17, 15) is 9.59 Å². The summed E-state index contributed by atoms with van der Waals surface area (Å²) in [6.45, 7) is 2.08. The van der Waals surface area contributed by atoms with Gasteiger partial charge in [0.25, 0.3) is 0 Å². The monoisotopic (exact) mass is 310 g/mol. The molecule has 3 unspecified atom stereocenters. The lowest BCUT2D eigenvalue weighted by atomic mass is 9.92. The molecular formula is C17H26O5. The summed E-state index contributed by atoms with van der Waals surface area (Å²) in [6.07, 6.45) is 11.9. The summed E-state index contributed by atoms with van der Waals surface area (Å²) in [5, 5.41) is 9.02. The molecule has 1 saturated heterocycles. The normalized spacial score (nSPS) is 22.6. The molecular weight excluding hydrogens is 284 g/mol. The van der Waals surface area contributed by atoms with Crippen LogP contribution in [0.1, 0.15) is 39.0 Å². The third kappa shape index (κ3) is 6.43. The summed E-state index contributed by atoms with van der Waals surface area (Å²) in [4.78, 5) is 21.9. The molecule has 1 heterocycles. The highest BCUT2D eigenvalue weighted by molar-refractivity contribution is 5.82. The Hall–Kier alpha value is -1.62. The molecule has 1 N–H and O–H groups in total. The molecule has 0 saturated carbocycles. The van der Waals surface area contributed by atoms with E-state index < -0.39 is 0 Å². The van der Waals surface area contributed by atoms with E-state index in [1.165, 1.54) is 13.2 Å². The molecule has 0 bridgehead atoms. The van der Waals surface area contributed by atoms with Crippen molar-refractivity contribution in [3.63, 3.8) is 0 Å². The molecule has 22 heavy (non-hydrogen) atoms. The Labute approximate surface area is 132 Å². The topological polar surface area (TPSA) is 72.8 Å². The van der Waals surface area contributed by atoms with E-state index in [1.54, 1.807) is 6.08 Å². The number of rotatable bonds is 10. The van der Waals surface area contributed by atoms with Gasteiger partial charge in [0.15, 0.2) is 0 Å². The van der Waals surface area contributed by atoms with Crippen LogP contribution in [0.4, 0.5) is 0 Å². The molecule has 1 aliphatic rings. The van der Waals surface area contributed by atoms with Crippen LogP contribution >= 0.6 is 0 Å². The lowest BCUT2D eigenvalue weighted by molar-refractivity contribution is -0.189. The summed E-state index contributed by atoms with van der Waals surface area (Å²) in [5.74, 6) is -0.357. The maximum Gasteiger partial charge on any atom is 0.330 e. The van der Waals surface area contributed by atoms with Crippen molar-refractivity contribution in [2.45, 2.75) is 45.1 Å². The predicted octanol–water partition coefficient (Wildman–Crippen LogP) is 2.39. The van der Waals surface area contributed by atoms with Crippen molar-refractivity contribution < 1.29 is 24.2 Å². The van der Waals surface area contributed by atoms with Crippen molar-refractivity contribution >= 4 is 11.9 Å². The second kappa shape index (κ2) is 10.2. The molecule has 5 heteroatoms. The van der Waals surface area contributed by atoms with Gasteiger partial charge < -0.3 is 14.6 Å². The molecule has 0 amide bonds. The molecule has 124 valence electrons. The lowest BCUT2D eigenvalue weighted by Gasteiger charge is -2.33. The highest BCUT2D eigenvalue weighted by Gasteiger charge is 2.40. The maximum absolute atomic E-state index is 11.0. The summed E-state index contributed by atoms with van der Waals surface area (Å²) in [6, 6.07) is 0. The Morgan fingerprint density at radius 2 is 2.18 bits per heavy atom. The van der Waals surface area contributed by atoms with Crippen LogP contribution < -0.4 is 0 Å². The average Bonchev–Trinajstić information content (AvgIpc) is 2.49. The van der Waals surface area contributed by atoms with Gasteiger partial charge >= 0.3 is 11.9 Å². The summed E-state index contributed by atoms with van der Waals surface area (Å²) >= 11 is 0. The number of hydrogen-bond donors (Lipinski definition) is 1. The second-order valence-corrected chi connectivity index (χ2v) is 5.70. The van der Waals surface area contributed by atoms with Gasteiger partial charge in [-0.1, -0.05) is 38.0 Å². The lowest BCUT2D eigenvalue weighted by Crippen LogP contribution is -2.47. The smallest absolute Gasteiger partial charge is 0.330 e. The Morgan fingerprint density at radius 1 is 1.41 bits per heavy atom. The van der Waals surface area contributed by atoms with Crippen LogP contribution in [0.2, 0.25) is 0 Å². The van der Waals surface area contributed by atoms with Crippen molar-refractivity contribution in [3.05, 3.63) is 24.3 Å². The maximum atomic E-state index is 11.0. The van der Waals surface area contributed by atoms with E-state index in [0.717, 1.165) is 32.1 Å². The molecule has 0 spiro atoms. The minimum Gasteiger partial charge on any atom is -0.466 e. The van der Waals surface area contributed by atoms with E-state index in [4.69, 9.17) is 9.84 Å². The number of methoxy groups -OCH3 is 1. The zero-order chi connectivity index (χ0) is 16.4. The van der Waals surface area contributed by atoms with Crippen molar-refractivity contribution in [1.29, 1.82) is 0 Å². The number of esters is 2. The van der Waals surface area contributed by atoms with Crippen LogP contribution in [0.25, 0.3) is 0 Å². The average molecular weight is 310 g/mol. The summed E-state index contributed by atoms with van der Waals surface area (Å²) in [5.41, 5.74) is 0. The van der Waals surface area contributed by atoms with Gasteiger partial charge in [0.2, 0.25) is 0 Å². The van der Waals surface area contributed by atoms with E-state index >= 15 is 0 Å². The van der Waals surface area contributed by atoms with Gasteiger partial charge in [-0.25, -0.2) is 4.79 Å². The highest BCUT2D eigenvalue weighted by atomic mass is 16.6. The zero-order valence-corrected chi connectivity index (χ0v) is 13.4. The first kappa shape index (κ1) is 18.4. The number of allylic oxidation sites excluding steroid dienone is 3. The minimum absolute atomic E-state index is 0.0869. The second-order valence-electron chi connectivity index (χ2n) is 5.70. The third-order valence-electron chi connectivity index (χ3n) is 3.87. The Morgan fingerprint density at radius 3 is 2.82 bits per heavy atom. The third-order valence-corrected chi connectivity index (χ3v) is 3.87. The Bertz CT molecular complexity index is 413. The van der Waals surface area contributed by atoms with E-state index in [0.29, 0.717) is 5.92 Å². The molecule has 0 radical (unpaired) electrons. The Kier molecular flexibility index (Phi) is 8.51. The van der Waals surface area contributed by atoms with E-state index in [2.05, 4.69) is 11.7 Å². The number of unbranched alkanes of at least 4 members (excludes halogenated alkanes) is 1. The van der Waals surface area contributed by atoms with Crippen molar-refractivity contribution in [2.75, 3.05) is 13.7 Å². The van der Waals surface area contributed by atoms with Gasteiger partial charge in [0, 0.05) is 6.08 Å². The first-order valence-corrected chi connectivity index (χ1v) is 7.81. The Balaban J connectivity index is 2.05. The van der Waals surface area contributed by atoms with Gasteiger partial charge in [0.05, 0.1) is 13.7 Å². The fourth-order valence-electron chi connectivity index (χ4n) is 2.40. The number of hydrogen-bond acceptors (Lipinski definition) is 5.